The molecular formula is C18H18N4O3. The Hall–Kier alpha value is -3.22. The molecule has 128 valence electrons. The van der Waals surface area contributed by atoms with Gasteiger partial charge in [-0.15, -0.1) is 10.2 Å². The lowest BCUT2D eigenvalue weighted by Crippen LogP contribution is -2.32. The van der Waals surface area contributed by atoms with Crippen LogP contribution in [-0.2, 0) is 4.79 Å². The second kappa shape index (κ2) is 7.12. The molecule has 0 radical (unpaired) electrons. The summed E-state index contributed by atoms with van der Waals surface area (Å²) in [6.07, 6.45) is 1.85. The van der Waals surface area contributed by atoms with E-state index in [0.29, 0.717) is 17.1 Å². The number of nitrogens with zero attached hydrogens (tertiary/aromatic N) is 3. The lowest BCUT2D eigenvalue weighted by molar-refractivity contribution is -0.123. The van der Waals surface area contributed by atoms with E-state index in [2.05, 4.69) is 15.5 Å². The van der Waals surface area contributed by atoms with E-state index in [1.165, 1.54) is 6.92 Å². The Labute approximate surface area is 144 Å². The van der Waals surface area contributed by atoms with Gasteiger partial charge in [0.15, 0.2) is 23.9 Å². The molecule has 0 saturated carbocycles. The first kappa shape index (κ1) is 16.6. The van der Waals surface area contributed by atoms with Crippen LogP contribution in [0.1, 0.15) is 36.1 Å². The fourth-order valence-corrected chi connectivity index (χ4v) is 2.44. The smallest absolute Gasteiger partial charge is 0.258 e. The summed E-state index contributed by atoms with van der Waals surface area (Å²) in [4.78, 5) is 23.3. The molecule has 0 spiro atoms. The number of nitrogens with one attached hydrogen (secondary N) is 1. The molecule has 0 fully saturated rings. The molecular weight excluding hydrogens is 320 g/mol. The Morgan fingerprint density at radius 2 is 1.92 bits per heavy atom. The van der Waals surface area contributed by atoms with Crippen molar-refractivity contribution in [2.24, 2.45) is 0 Å². The van der Waals surface area contributed by atoms with E-state index >= 15 is 0 Å². The summed E-state index contributed by atoms with van der Waals surface area (Å²) in [5.41, 5.74) is 1.32. The second-order valence-electron chi connectivity index (χ2n) is 5.65. The van der Waals surface area contributed by atoms with Gasteiger partial charge in [0.05, 0.1) is 6.04 Å². The molecule has 0 aliphatic rings. The molecule has 3 rings (SSSR count). The molecule has 7 nitrogen and oxygen atoms in total. The van der Waals surface area contributed by atoms with E-state index in [1.807, 2.05) is 35.7 Å². The van der Waals surface area contributed by atoms with Crippen molar-refractivity contribution in [2.45, 2.75) is 19.9 Å². The topological polar surface area (TPSA) is 85.6 Å². The highest BCUT2D eigenvalue weighted by Gasteiger charge is 2.15. The van der Waals surface area contributed by atoms with Crippen molar-refractivity contribution >= 4 is 17.3 Å². The quantitative estimate of drug-likeness (QED) is 0.696. The summed E-state index contributed by atoms with van der Waals surface area (Å²) in [7, 11) is 0. The molecule has 0 aliphatic carbocycles. The minimum Gasteiger partial charge on any atom is -0.484 e. The number of carbonyl (C=O) groups excluding carboxylic acids is 2. The number of benzene rings is 1. The normalized spacial score (nSPS) is 11.9. The van der Waals surface area contributed by atoms with Crippen LogP contribution in [0.2, 0.25) is 0 Å². The number of ether oxygens (including phenoxy) is 1. The van der Waals surface area contributed by atoms with Gasteiger partial charge in [-0.05, 0) is 50.2 Å². The molecule has 7 heteroatoms. The fraction of sp³-hybridized carbons (Fsp3) is 0.222. The van der Waals surface area contributed by atoms with Crippen LogP contribution in [0.15, 0.2) is 48.7 Å². The van der Waals surface area contributed by atoms with Crippen LogP contribution >= 0.6 is 0 Å². The highest BCUT2D eigenvalue weighted by Crippen LogP contribution is 2.14. The molecule has 0 saturated heterocycles. The second-order valence-corrected chi connectivity index (χ2v) is 5.65. The largest absolute Gasteiger partial charge is 0.484 e. The van der Waals surface area contributed by atoms with E-state index < -0.39 is 0 Å². The molecule has 1 atom stereocenters. The summed E-state index contributed by atoms with van der Waals surface area (Å²) >= 11 is 0. The number of pyridine rings is 1. The molecule has 25 heavy (non-hydrogen) atoms. The maximum Gasteiger partial charge on any atom is 0.258 e. The van der Waals surface area contributed by atoms with E-state index in [4.69, 9.17) is 4.74 Å². The maximum atomic E-state index is 12.1. The monoisotopic (exact) mass is 338 g/mol. The van der Waals surface area contributed by atoms with Gasteiger partial charge < -0.3 is 10.1 Å². The first-order chi connectivity index (χ1) is 12.0. The zero-order valence-electron chi connectivity index (χ0n) is 14.0. The molecule has 0 aliphatic heterocycles. The fourth-order valence-electron chi connectivity index (χ4n) is 2.44. The summed E-state index contributed by atoms with van der Waals surface area (Å²) in [6, 6.07) is 12.0. The third-order valence-electron chi connectivity index (χ3n) is 3.74. The highest BCUT2D eigenvalue weighted by atomic mass is 16.5. The van der Waals surface area contributed by atoms with Gasteiger partial charge in [-0.1, -0.05) is 6.07 Å². The number of hydrogen-bond acceptors (Lipinski definition) is 5. The van der Waals surface area contributed by atoms with Crippen molar-refractivity contribution in [3.05, 3.63) is 60.0 Å². The van der Waals surface area contributed by atoms with E-state index in [-0.39, 0.29) is 24.3 Å². The van der Waals surface area contributed by atoms with Crippen molar-refractivity contribution in [1.82, 2.24) is 19.9 Å². The number of Topliss-reactive ketones (excluding diaryl/α,β-unsaturated/α-hetero) is 1. The number of hydrogen-bond donors (Lipinski definition) is 1. The Kier molecular flexibility index (Phi) is 4.74. The number of ketones is 1. The minimum atomic E-state index is -0.311. The Morgan fingerprint density at radius 1 is 1.16 bits per heavy atom. The van der Waals surface area contributed by atoms with Crippen LogP contribution < -0.4 is 10.1 Å². The Morgan fingerprint density at radius 3 is 2.64 bits per heavy atom. The number of rotatable bonds is 6. The number of carbonyl (C=O) groups is 2. The molecule has 2 heterocycles. The van der Waals surface area contributed by atoms with Crippen LogP contribution in [0.5, 0.6) is 5.75 Å². The summed E-state index contributed by atoms with van der Waals surface area (Å²) in [5, 5.41) is 11.0. The van der Waals surface area contributed by atoms with Gasteiger partial charge in [0.25, 0.3) is 5.91 Å². The summed E-state index contributed by atoms with van der Waals surface area (Å²) < 4.78 is 7.27. The zero-order valence-corrected chi connectivity index (χ0v) is 14.0. The maximum absolute atomic E-state index is 12.1. The standard InChI is InChI=1S/C18H18N4O3/c1-12(18-21-20-16-5-3-4-10-22(16)18)19-17(24)11-25-15-8-6-14(7-9-15)13(2)23/h3-10,12H,11H2,1-2H3,(H,19,24). The SMILES string of the molecule is CC(=O)c1ccc(OCC(=O)NC(C)c2nnc3ccccn23)cc1. The first-order valence-electron chi connectivity index (χ1n) is 7.87. The Bertz CT molecular complexity index is 902. The van der Waals surface area contributed by atoms with Gasteiger partial charge in [-0.3, -0.25) is 14.0 Å². The number of aromatic nitrogens is 3. The van der Waals surface area contributed by atoms with Crippen molar-refractivity contribution in [1.29, 1.82) is 0 Å². The van der Waals surface area contributed by atoms with Gasteiger partial charge in [0.1, 0.15) is 5.75 Å². The highest BCUT2D eigenvalue weighted by molar-refractivity contribution is 5.94. The average Bonchev–Trinajstić information content (AvgIpc) is 3.04. The molecule has 1 unspecified atom stereocenters. The van der Waals surface area contributed by atoms with Gasteiger partial charge >= 0.3 is 0 Å². The van der Waals surface area contributed by atoms with Crippen molar-refractivity contribution in [3.8, 4) is 5.75 Å². The lowest BCUT2D eigenvalue weighted by atomic mass is 10.1. The minimum absolute atomic E-state index is 0.0151. The van der Waals surface area contributed by atoms with E-state index in [1.54, 1.807) is 24.3 Å². The zero-order chi connectivity index (χ0) is 17.8. The van der Waals surface area contributed by atoms with Gasteiger partial charge in [0, 0.05) is 11.8 Å². The van der Waals surface area contributed by atoms with Crippen molar-refractivity contribution in [3.63, 3.8) is 0 Å². The van der Waals surface area contributed by atoms with E-state index in [9.17, 15) is 9.59 Å². The van der Waals surface area contributed by atoms with Gasteiger partial charge in [-0.25, -0.2) is 0 Å². The van der Waals surface area contributed by atoms with Crippen molar-refractivity contribution in [2.75, 3.05) is 6.61 Å². The number of amides is 1. The predicted molar refractivity (Wildman–Crippen MR) is 91.5 cm³/mol. The number of fused-ring (bicyclic) bond motifs is 1. The van der Waals surface area contributed by atoms with Crippen LogP contribution in [0, 0.1) is 0 Å². The molecule has 2 aromatic heterocycles. The van der Waals surface area contributed by atoms with Crippen LogP contribution in [0.3, 0.4) is 0 Å². The molecule has 1 amide bonds. The third kappa shape index (κ3) is 3.82. The van der Waals surface area contributed by atoms with Crippen LogP contribution in [0.4, 0.5) is 0 Å². The van der Waals surface area contributed by atoms with Gasteiger partial charge in [0.2, 0.25) is 0 Å². The molecule has 3 aromatic rings. The lowest BCUT2D eigenvalue weighted by Gasteiger charge is -2.13. The van der Waals surface area contributed by atoms with Crippen LogP contribution in [0.25, 0.3) is 5.65 Å². The molecule has 1 N–H and O–H groups in total. The average molecular weight is 338 g/mol. The first-order valence-corrected chi connectivity index (χ1v) is 7.87. The Balaban J connectivity index is 1.57. The van der Waals surface area contributed by atoms with Crippen LogP contribution in [-0.4, -0.2) is 32.9 Å². The third-order valence-corrected chi connectivity index (χ3v) is 3.74. The van der Waals surface area contributed by atoms with Crippen molar-refractivity contribution < 1.29 is 14.3 Å². The summed E-state index contributed by atoms with van der Waals surface area (Å²) in [5.74, 6) is 0.893. The predicted octanol–water partition coefficient (Wildman–Crippen LogP) is 2.19. The van der Waals surface area contributed by atoms with Gasteiger partial charge in [-0.2, -0.15) is 0 Å². The summed E-state index contributed by atoms with van der Waals surface area (Å²) in [6.45, 7) is 3.21. The molecule has 0 bridgehead atoms. The molecule has 1 aromatic carbocycles. The van der Waals surface area contributed by atoms with E-state index in [0.717, 1.165) is 5.65 Å².